The Hall–Kier alpha value is -1.37. The molecule has 2 heterocycles. The third-order valence-electron chi connectivity index (χ3n) is 4.32. The van der Waals surface area contributed by atoms with Crippen LogP contribution in [0.2, 0.25) is 0 Å². The lowest BCUT2D eigenvalue weighted by Gasteiger charge is -2.33. The second-order valence-corrected chi connectivity index (χ2v) is 6.55. The summed E-state index contributed by atoms with van der Waals surface area (Å²) in [5, 5.41) is 12.9. The fourth-order valence-corrected chi connectivity index (χ4v) is 3.10. The smallest absolute Gasteiger partial charge is 0.268 e. The fraction of sp³-hybridized carbons (Fsp3) is 0.706. The molecule has 6 heteroatoms. The van der Waals surface area contributed by atoms with Gasteiger partial charge in [-0.15, -0.1) is 0 Å². The normalized spacial score (nSPS) is 18.3. The Morgan fingerprint density at radius 3 is 2.74 bits per heavy atom. The van der Waals surface area contributed by atoms with Gasteiger partial charge < -0.3 is 24.6 Å². The minimum absolute atomic E-state index is 0.00145. The highest BCUT2D eigenvalue weighted by atomic mass is 16.5. The molecule has 1 amide bonds. The maximum atomic E-state index is 12.4. The summed E-state index contributed by atoms with van der Waals surface area (Å²) < 4.78 is 6.95. The van der Waals surface area contributed by atoms with Gasteiger partial charge >= 0.3 is 0 Å². The van der Waals surface area contributed by atoms with Crippen molar-refractivity contribution < 1.29 is 14.6 Å². The number of aliphatic hydroxyl groups excluding tert-OH is 1. The topological polar surface area (TPSA) is 66.7 Å². The molecule has 0 bridgehead atoms. The lowest BCUT2D eigenvalue weighted by atomic mass is 10.0. The number of likely N-dealkylation sites (tertiary alicyclic amines) is 1. The Kier molecular flexibility index (Phi) is 6.62. The molecule has 2 rings (SSSR count). The molecule has 1 saturated heterocycles. The molecule has 1 aliphatic rings. The van der Waals surface area contributed by atoms with Crippen LogP contribution in [0.25, 0.3) is 0 Å². The van der Waals surface area contributed by atoms with Crippen molar-refractivity contribution in [3.05, 3.63) is 24.0 Å². The summed E-state index contributed by atoms with van der Waals surface area (Å²) in [7, 11) is 1.60. The van der Waals surface area contributed by atoms with Crippen molar-refractivity contribution in [3.63, 3.8) is 0 Å². The largest absolute Gasteiger partial charge is 0.389 e. The van der Waals surface area contributed by atoms with Crippen molar-refractivity contribution in [2.45, 2.75) is 44.9 Å². The molecule has 130 valence electrons. The number of nitrogens with one attached hydrogen (secondary N) is 1. The molecule has 23 heavy (non-hydrogen) atoms. The van der Waals surface area contributed by atoms with Crippen LogP contribution in [0.3, 0.4) is 0 Å². The predicted octanol–water partition coefficient (Wildman–Crippen LogP) is 1.27. The molecule has 1 aromatic heterocycles. The van der Waals surface area contributed by atoms with Crippen LogP contribution in [0.4, 0.5) is 0 Å². The number of amides is 1. The van der Waals surface area contributed by atoms with Gasteiger partial charge in [0.05, 0.1) is 12.7 Å². The third-order valence-corrected chi connectivity index (χ3v) is 4.32. The van der Waals surface area contributed by atoms with Crippen LogP contribution in [0.5, 0.6) is 0 Å². The molecule has 0 saturated carbocycles. The van der Waals surface area contributed by atoms with E-state index in [0.717, 1.165) is 31.6 Å². The van der Waals surface area contributed by atoms with Crippen molar-refractivity contribution in [1.82, 2.24) is 14.8 Å². The number of methoxy groups -OCH3 is 1. The Morgan fingerprint density at radius 1 is 1.43 bits per heavy atom. The van der Waals surface area contributed by atoms with E-state index in [1.54, 1.807) is 7.11 Å². The van der Waals surface area contributed by atoms with Gasteiger partial charge in [0.2, 0.25) is 0 Å². The second kappa shape index (κ2) is 8.47. The van der Waals surface area contributed by atoms with Crippen molar-refractivity contribution in [2.75, 3.05) is 33.4 Å². The number of rotatable bonds is 7. The number of piperidine rings is 1. The van der Waals surface area contributed by atoms with Crippen molar-refractivity contribution >= 4 is 5.91 Å². The molecule has 0 aliphatic carbocycles. The standard InChI is InChI=1S/C17H29N3O3/c1-13(2)20-8-4-5-16(20)17(22)18-14-6-9-19(10-7-14)11-15(21)12-23-3/h4-5,8,13-15,21H,6-7,9-12H2,1-3H3,(H,18,22). The van der Waals surface area contributed by atoms with Gasteiger partial charge in [-0.3, -0.25) is 4.79 Å². The van der Waals surface area contributed by atoms with E-state index in [1.807, 2.05) is 22.9 Å². The summed E-state index contributed by atoms with van der Waals surface area (Å²) in [6.07, 6.45) is 3.32. The van der Waals surface area contributed by atoms with Crippen molar-refractivity contribution in [2.24, 2.45) is 0 Å². The van der Waals surface area contributed by atoms with Crippen molar-refractivity contribution in [3.8, 4) is 0 Å². The summed E-state index contributed by atoms with van der Waals surface area (Å²) in [6, 6.07) is 4.25. The quantitative estimate of drug-likeness (QED) is 0.793. The van der Waals surface area contributed by atoms with Crippen LogP contribution in [-0.2, 0) is 4.74 Å². The lowest BCUT2D eigenvalue weighted by molar-refractivity contribution is 0.0309. The van der Waals surface area contributed by atoms with E-state index in [1.165, 1.54) is 0 Å². The monoisotopic (exact) mass is 323 g/mol. The predicted molar refractivity (Wildman–Crippen MR) is 89.6 cm³/mol. The van der Waals surface area contributed by atoms with Crippen LogP contribution in [0, 0.1) is 0 Å². The summed E-state index contributed by atoms with van der Waals surface area (Å²) >= 11 is 0. The number of carbonyl (C=O) groups is 1. The number of carbonyl (C=O) groups excluding carboxylic acids is 1. The molecule has 1 fully saturated rings. The first-order chi connectivity index (χ1) is 11.0. The average molecular weight is 323 g/mol. The number of β-amino-alcohol motifs (C(OH)–C–C–N with tert-alkyl or cyclic N) is 1. The van der Waals surface area contributed by atoms with E-state index < -0.39 is 6.10 Å². The van der Waals surface area contributed by atoms with E-state index in [0.29, 0.717) is 13.2 Å². The molecular formula is C17H29N3O3. The van der Waals surface area contributed by atoms with Crippen LogP contribution < -0.4 is 5.32 Å². The van der Waals surface area contributed by atoms with E-state index >= 15 is 0 Å². The molecule has 1 aromatic rings. The first-order valence-electron chi connectivity index (χ1n) is 8.38. The van der Waals surface area contributed by atoms with Gasteiger partial charge in [-0.2, -0.15) is 0 Å². The SMILES string of the molecule is COCC(O)CN1CCC(NC(=O)c2cccn2C(C)C)CC1. The molecule has 1 aliphatic heterocycles. The maximum absolute atomic E-state index is 12.4. The zero-order valence-electron chi connectivity index (χ0n) is 14.4. The Morgan fingerprint density at radius 2 is 2.13 bits per heavy atom. The number of ether oxygens (including phenoxy) is 1. The van der Waals surface area contributed by atoms with Gasteiger partial charge in [-0.1, -0.05) is 0 Å². The molecule has 1 atom stereocenters. The number of nitrogens with zero attached hydrogens (tertiary/aromatic N) is 2. The highest BCUT2D eigenvalue weighted by molar-refractivity contribution is 5.93. The first-order valence-corrected chi connectivity index (χ1v) is 8.38. The van der Waals surface area contributed by atoms with E-state index in [-0.39, 0.29) is 18.0 Å². The van der Waals surface area contributed by atoms with E-state index in [9.17, 15) is 9.90 Å². The van der Waals surface area contributed by atoms with Crippen LogP contribution in [0.15, 0.2) is 18.3 Å². The van der Waals surface area contributed by atoms with Gasteiger partial charge in [-0.25, -0.2) is 0 Å². The highest BCUT2D eigenvalue weighted by Crippen LogP contribution is 2.14. The summed E-state index contributed by atoms with van der Waals surface area (Å²) in [4.78, 5) is 14.7. The number of aromatic nitrogens is 1. The Balaban J connectivity index is 1.80. The van der Waals surface area contributed by atoms with Crippen LogP contribution in [-0.4, -0.2) is 66.0 Å². The summed E-state index contributed by atoms with van der Waals surface area (Å²) in [5.74, 6) is 0.00145. The van der Waals surface area contributed by atoms with Gasteiger partial charge in [-0.05, 0) is 38.8 Å². The average Bonchev–Trinajstić information content (AvgIpc) is 2.99. The van der Waals surface area contributed by atoms with Gasteiger partial charge in [0.25, 0.3) is 5.91 Å². The Bertz CT molecular complexity index is 493. The summed E-state index contributed by atoms with van der Waals surface area (Å²) in [5.41, 5.74) is 0.720. The maximum Gasteiger partial charge on any atom is 0.268 e. The van der Waals surface area contributed by atoms with Gasteiger partial charge in [0, 0.05) is 45.0 Å². The highest BCUT2D eigenvalue weighted by Gasteiger charge is 2.23. The van der Waals surface area contributed by atoms with Crippen molar-refractivity contribution in [1.29, 1.82) is 0 Å². The van der Waals surface area contributed by atoms with E-state index in [4.69, 9.17) is 4.74 Å². The molecule has 2 N–H and O–H groups in total. The lowest BCUT2D eigenvalue weighted by Crippen LogP contribution is -2.47. The number of aliphatic hydroxyl groups is 1. The Labute approximate surface area is 138 Å². The van der Waals surface area contributed by atoms with Gasteiger partial charge in [0.15, 0.2) is 0 Å². The fourth-order valence-electron chi connectivity index (χ4n) is 3.10. The first kappa shape index (κ1) is 18.0. The molecule has 0 radical (unpaired) electrons. The summed E-state index contributed by atoms with van der Waals surface area (Å²) in [6.45, 7) is 6.91. The molecule has 0 aromatic carbocycles. The molecule has 0 spiro atoms. The molecule has 1 unspecified atom stereocenters. The number of hydrogen-bond donors (Lipinski definition) is 2. The van der Waals surface area contributed by atoms with Crippen LogP contribution >= 0.6 is 0 Å². The zero-order valence-corrected chi connectivity index (χ0v) is 14.4. The van der Waals surface area contributed by atoms with Crippen LogP contribution in [0.1, 0.15) is 43.2 Å². The van der Waals surface area contributed by atoms with Gasteiger partial charge in [0.1, 0.15) is 5.69 Å². The number of hydrogen-bond acceptors (Lipinski definition) is 4. The van der Waals surface area contributed by atoms with E-state index in [2.05, 4.69) is 24.1 Å². The minimum atomic E-state index is -0.444. The molecular weight excluding hydrogens is 294 g/mol. The second-order valence-electron chi connectivity index (χ2n) is 6.55. The zero-order chi connectivity index (χ0) is 16.8. The minimum Gasteiger partial charge on any atom is -0.389 e. The third kappa shape index (κ3) is 5.06. The molecule has 6 nitrogen and oxygen atoms in total.